The van der Waals surface area contributed by atoms with Crippen LogP contribution < -0.4 is 0 Å². The minimum Gasteiger partial charge on any atom is -0.335 e. The van der Waals surface area contributed by atoms with Crippen molar-refractivity contribution in [1.82, 2.24) is 4.90 Å². The second-order valence-electron chi connectivity index (χ2n) is 5.27. The second-order valence-corrected chi connectivity index (χ2v) is 5.27. The van der Waals surface area contributed by atoms with Crippen molar-refractivity contribution in [2.45, 2.75) is 19.3 Å². The highest BCUT2D eigenvalue weighted by Gasteiger charge is 2.21. The van der Waals surface area contributed by atoms with Gasteiger partial charge in [0.1, 0.15) is 0 Å². The molecule has 0 saturated carbocycles. The number of Topliss-reactive ketones (excluding diaryl/α,β-unsaturated/α-hetero) is 1. The number of benzene rings is 2. The molecule has 1 saturated heterocycles. The molecule has 0 spiro atoms. The molecule has 0 atom stereocenters. The van der Waals surface area contributed by atoms with Crippen LogP contribution in [-0.4, -0.2) is 29.7 Å². The third kappa shape index (κ3) is 2.57. The molecule has 0 aliphatic carbocycles. The van der Waals surface area contributed by atoms with Crippen molar-refractivity contribution in [2.24, 2.45) is 0 Å². The second kappa shape index (κ2) is 5.45. The number of hydrogen-bond acceptors (Lipinski definition) is 2. The van der Waals surface area contributed by atoms with Gasteiger partial charge in [-0.05, 0) is 22.8 Å². The lowest BCUT2D eigenvalue weighted by Crippen LogP contribution is -2.40. The summed E-state index contributed by atoms with van der Waals surface area (Å²) in [7, 11) is 0. The van der Waals surface area contributed by atoms with Crippen LogP contribution in [0.1, 0.15) is 18.4 Å². The predicted molar refractivity (Wildman–Crippen MR) is 78.5 cm³/mol. The first kappa shape index (κ1) is 12.9. The van der Waals surface area contributed by atoms with Gasteiger partial charge in [-0.3, -0.25) is 9.59 Å². The Hall–Kier alpha value is -2.16. The molecule has 1 aliphatic heterocycles. The number of rotatable bonds is 2. The molecule has 1 heterocycles. The zero-order chi connectivity index (χ0) is 13.9. The Bertz CT molecular complexity index is 658. The maximum absolute atomic E-state index is 12.3. The van der Waals surface area contributed by atoms with Crippen molar-refractivity contribution in [3.05, 3.63) is 48.0 Å². The van der Waals surface area contributed by atoms with Gasteiger partial charge in [0.15, 0.2) is 5.78 Å². The van der Waals surface area contributed by atoms with Gasteiger partial charge in [-0.25, -0.2) is 0 Å². The topological polar surface area (TPSA) is 37.4 Å². The monoisotopic (exact) mass is 267 g/mol. The molecular weight excluding hydrogens is 250 g/mol. The van der Waals surface area contributed by atoms with Crippen molar-refractivity contribution in [1.29, 1.82) is 0 Å². The predicted octanol–water partition coefficient (Wildman–Crippen LogP) is 2.57. The molecular formula is C17H17NO2. The van der Waals surface area contributed by atoms with Crippen molar-refractivity contribution in [2.75, 3.05) is 13.1 Å². The summed E-state index contributed by atoms with van der Waals surface area (Å²) in [5.41, 5.74) is 1.03. The highest BCUT2D eigenvalue weighted by Crippen LogP contribution is 2.20. The molecule has 3 heteroatoms. The molecule has 1 aliphatic rings. The molecule has 2 aromatic rings. The molecule has 0 N–H and O–H groups in total. The minimum atomic E-state index is 0.0504. The maximum Gasteiger partial charge on any atom is 0.227 e. The van der Waals surface area contributed by atoms with Crippen molar-refractivity contribution in [3.8, 4) is 0 Å². The molecule has 0 unspecified atom stereocenters. The summed E-state index contributed by atoms with van der Waals surface area (Å²) in [4.78, 5) is 25.5. The van der Waals surface area contributed by atoms with Crippen LogP contribution in [0.3, 0.4) is 0 Å². The van der Waals surface area contributed by atoms with Crippen molar-refractivity contribution in [3.63, 3.8) is 0 Å². The number of carbonyl (C=O) groups is 2. The van der Waals surface area contributed by atoms with Crippen LogP contribution in [0.5, 0.6) is 0 Å². The number of carbonyl (C=O) groups excluding carboxylic acids is 2. The van der Waals surface area contributed by atoms with Gasteiger partial charge in [0.05, 0.1) is 13.0 Å². The number of hydrogen-bond donors (Lipinski definition) is 0. The number of ketones is 1. The van der Waals surface area contributed by atoms with E-state index in [-0.39, 0.29) is 18.2 Å². The van der Waals surface area contributed by atoms with Gasteiger partial charge >= 0.3 is 0 Å². The van der Waals surface area contributed by atoms with Gasteiger partial charge < -0.3 is 4.90 Å². The average molecular weight is 267 g/mol. The summed E-state index contributed by atoms with van der Waals surface area (Å²) in [6, 6.07) is 14.1. The van der Waals surface area contributed by atoms with E-state index in [1.807, 2.05) is 42.5 Å². The Labute approximate surface area is 118 Å². The first-order valence-corrected chi connectivity index (χ1v) is 7.00. The lowest BCUT2D eigenvalue weighted by atomic mass is 10.0. The van der Waals surface area contributed by atoms with E-state index in [0.29, 0.717) is 19.4 Å². The molecule has 2 aromatic carbocycles. The molecule has 0 aromatic heterocycles. The largest absolute Gasteiger partial charge is 0.335 e. The van der Waals surface area contributed by atoms with E-state index in [1.54, 1.807) is 4.90 Å². The first-order valence-electron chi connectivity index (χ1n) is 7.00. The molecule has 3 nitrogen and oxygen atoms in total. The Balaban J connectivity index is 1.82. The maximum atomic E-state index is 12.3. The molecule has 0 radical (unpaired) electrons. The van der Waals surface area contributed by atoms with Crippen LogP contribution in [-0.2, 0) is 16.0 Å². The van der Waals surface area contributed by atoms with Crippen LogP contribution in [0.25, 0.3) is 10.8 Å². The molecule has 1 fully saturated rings. The smallest absolute Gasteiger partial charge is 0.227 e. The lowest BCUT2D eigenvalue weighted by molar-refractivity contribution is -0.137. The van der Waals surface area contributed by atoms with Gasteiger partial charge in [-0.1, -0.05) is 42.5 Å². The number of piperidine rings is 1. The van der Waals surface area contributed by atoms with Crippen molar-refractivity contribution < 1.29 is 9.59 Å². The van der Waals surface area contributed by atoms with Crippen LogP contribution in [0.2, 0.25) is 0 Å². The molecule has 20 heavy (non-hydrogen) atoms. The fourth-order valence-corrected chi connectivity index (χ4v) is 2.77. The lowest BCUT2D eigenvalue weighted by Gasteiger charge is -2.26. The van der Waals surface area contributed by atoms with Gasteiger partial charge in [0.25, 0.3) is 0 Å². The summed E-state index contributed by atoms with van der Waals surface area (Å²) in [6.07, 6.45) is 1.77. The van der Waals surface area contributed by atoms with Crippen LogP contribution >= 0.6 is 0 Å². The van der Waals surface area contributed by atoms with Gasteiger partial charge in [0.2, 0.25) is 5.91 Å². The van der Waals surface area contributed by atoms with Crippen LogP contribution in [0.4, 0.5) is 0 Å². The van der Waals surface area contributed by atoms with E-state index < -0.39 is 0 Å². The van der Waals surface area contributed by atoms with E-state index in [2.05, 4.69) is 0 Å². The van der Waals surface area contributed by atoms with Crippen molar-refractivity contribution >= 4 is 22.5 Å². The Morgan fingerprint density at radius 1 is 1.10 bits per heavy atom. The SMILES string of the molecule is O=C1CCCN(C(=O)Cc2cccc3ccccc23)C1. The third-order valence-electron chi connectivity index (χ3n) is 3.83. The van der Waals surface area contributed by atoms with Gasteiger partial charge in [0, 0.05) is 13.0 Å². The zero-order valence-electron chi connectivity index (χ0n) is 11.3. The fourth-order valence-electron chi connectivity index (χ4n) is 2.77. The summed E-state index contributed by atoms with van der Waals surface area (Å²) >= 11 is 0. The standard InChI is InChI=1S/C17H17NO2/c19-15-8-4-10-18(12-15)17(20)11-14-7-3-6-13-5-1-2-9-16(13)14/h1-3,5-7,9H,4,8,10-12H2. The first-order chi connectivity index (χ1) is 9.74. The highest BCUT2D eigenvalue weighted by atomic mass is 16.2. The molecule has 102 valence electrons. The molecule has 3 rings (SSSR count). The minimum absolute atomic E-state index is 0.0504. The van der Waals surface area contributed by atoms with E-state index >= 15 is 0 Å². The third-order valence-corrected chi connectivity index (χ3v) is 3.83. The summed E-state index contributed by atoms with van der Waals surface area (Å²) in [5, 5.41) is 2.26. The molecule has 0 bridgehead atoms. The Morgan fingerprint density at radius 3 is 2.75 bits per heavy atom. The van der Waals surface area contributed by atoms with E-state index in [1.165, 1.54) is 0 Å². The average Bonchev–Trinajstić information content (AvgIpc) is 2.47. The summed E-state index contributed by atoms with van der Waals surface area (Å²) in [5.74, 6) is 0.219. The van der Waals surface area contributed by atoms with Gasteiger partial charge in [-0.2, -0.15) is 0 Å². The Morgan fingerprint density at radius 2 is 1.90 bits per heavy atom. The number of nitrogens with zero attached hydrogens (tertiary/aromatic N) is 1. The number of fused-ring (bicyclic) bond motifs is 1. The van der Waals surface area contributed by atoms with Gasteiger partial charge in [-0.15, -0.1) is 0 Å². The molecule has 1 amide bonds. The van der Waals surface area contributed by atoms with E-state index in [9.17, 15) is 9.59 Å². The summed E-state index contributed by atoms with van der Waals surface area (Å²) in [6.45, 7) is 0.985. The highest BCUT2D eigenvalue weighted by molar-refractivity contribution is 5.92. The quantitative estimate of drug-likeness (QED) is 0.838. The Kier molecular flexibility index (Phi) is 3.50. The fraction of sp³-hybridized carbons (Fsp3) is 0.294. The van der Waals surface area contributed by atoms with E-state index in [0.717, 1.165) is 22.8 Å². The number of likely N-dealkylation sites (tertiary alicyclic amines) is 1. The summed E-state index contributed by atoms with van der Waals surface area (Å²) < 4.78 is 0. The van der Waals surface area contributed by atoms with E-state index in [4.69, 9.17) is 0 Å². The van der Waals surface area contributed by atoms with Crippen LogP contribution in [0, 0.1) is 0 Å². The zero-order valence-corrected chi connectivity index (χ0v) is 11.3. The van der Waals surface area contributed by atoms with Crippen LogP contribution in [0.15, 0.2) is 42.5 Å². The number of amides is 1. The normalized spacial score (nSPS) is 15.6.